The van der Waals surface area contributed by atoms with Crippen LogP contribution in [-0.2, 0) is 4.79 Å². The summed E-state index contributed by atoms with van der Waals surface area (Å²) in [7, 11) is 0. The van der Waals surface area contributed by atoms with Gasteiger partial charge in [-0.15, -0.1) is 0 Å². The number of nitrogens with one attached hydrogen (secondary N) is 2. The second-order valence-electron chi connectivity index (χ2n) is 5.69. The molecule has 0 unspecified atom stereocenters. The molecule has 0 aliphatic carbocycles. The molecular formula is C14H17N3O3. The van der Waals surface area contributed by atoms with Crippen LogP contribution in [0.2, 0.25) is 0 Å². The second-order valence-corrected chi connectivity index (χ2v) is 5.69. The summed E-state index contributed by atoms with van der Waals surface area (Å²) in [6.45, 7) is 2.05. The fraction of sp³-hybridized carbons (Fsp3) is 0.500. The number of likely N-dealkylation sites (tertiary alicyclic amines) is 1. The molecule has 1 aromatic heterocycles. The minimum atomic E-state index is -0.213. The first kappa shape index (κ1) is 12.9. The van der Waals surface area contributed by atoms with E-state index in [4.69, 9.17) is 0 Å². The average molecular weight is 275 g/mol. The van der Waals surface area contributed by atoms with Crippen LogP contribution in [0.25, 0.3) is 0 Å². The summed E-state index contributed by atoms with van der Waals surface area (Å²) in [6.07, 6.45) is 3.73. The lowest BCUT2D eigenvalue weighted by Gasteiger charge is -2.38. The zero-order valence-electron chi connectivity index (χ0n) is 11.1. The van der Waals surface area contributed by atoms with Gasteiger partial charge in [-0.1, -0.05) is 0 Å². The molecule has 6 heteroatoms. The first-order valence-electron chi connectivity index (χ1n) is 6.83. The first-order chi connectivity index (χ1) is 9.58. The quantitative estimate of drug-likeness (QED) is 0.763. The summed E-state index contributed by atoms with van der Waals surface area (Å²) in [5, 5.41) is 2.88. The minimum Gasteiger partial charge on any atom is -0.356 e. The number of nitrogens with zero attached hydrogens (tertiary/aromatic N) is 1. The fourth-order valence-electron chi connectivity index (χ4n) is 3.02. The normalized spacial score (nSPS) is 21.0. The van der Waals surface area contributed by atoms with Crippen molar-refractivity contribution in [1.29, 1.82) is 0 Å². The van der Waals surface area contributed by atoms with Gasteiger partial charge in [0.2, 0.25) is 11.5 Å². The van der Waals surface area contributed by atoms with Crippen LogP contribution in [0.15, 0.2) is 23.1 Å². The molecule has 20 heavy (non-hydrogen) atoms. The third-order valence-electron chi connectivity index (χ3n) is 4.34. The van der Waals surface area contributed by atoms with Crippen molar-refractivity contribution in [1.82, 2.24) is 15.2 Å². The number of amides is 2. The summed E-state index contributed by atoms with van der Waals surface area (Å²) in [5.74, 6) is 0.0544. The number of pyridine rings is 1. The number of aromatic nitrogens is 1. The lowest BCUT2D eigenvalue weighted by atomic mass is 9.77. The van der Waals surface area contributed by atoms with Gasteiger partial charge >= 0.3 is 0 Å². The molecule has 3 rings (SSSR count). The summed E-state index contributed by atoms with van der Waals surface area (Å²) >= 11 is 0. The fourth-order valence-corrected chi connectivity index (χ4v) is 3.02. The van der Waals surface area contributed by atoms with Crippen LogP contribution in [0.5, 0.6) is 0 Å². The van der Waals surface area contributed by atoms with E-state index < -0.39 is 0 Å². The zero-order valence-corrected chi connectivity index (χ0v) is 11.1. The van der Waals surface area contributed by atoms with Gasteiger partial charge in [0.1, 0.15) is 0 Å². The standard InChI is InChI=1S/C14H17N3O3/c18-11-2-1-10(8-15-11)13(20)17-5-3-14(4-6-17)7-12(19)16-9-14/h1-2,8H,3-7,9H2,(H,15,18)(H,16,19). The predicted octanol–water partition coefficient (Wildman–Crippen LogP) is 0.117. The maximum Gasteiger partial charge on any atom is 0.255 e. The smallest absolute Gasteiger partial charge is 0.255 e. The summed E-state index contributed by atoms with van der Waals surface area (Å²) in [4.78, 5) is 39.0. The first-order valence-corrected chi connectivity index (χ1v) is 6.83. The van der Waals surface area contributed by atoms with Crippen molar-refractivity contribution in [3.8, 4) is 0 Å². The van der Waals surface area contributed by atoms with Crippen molar-refractivity contribution in [2.24, 2.45) is 5.41 Å². The van der Waals surface area contributed by atoms with Gasteiger partial charge in [-0.3, -0.25) is 14.4 Å². The Kier molecular flexibility index (Phi) is 3.08. The van der Waals surface area contributed by atoms with Crippen molar-refractivity contribution >= 4 is 11.8 Å². The Hall–Kier alpha value is -2.11. The highest BCUT2D eigenvalue weighted by atomic mass is 16.2. The number of H-pyrrole nitrogens is 1. The van der Waals surface area contributed by atoms with Gasteiger partial charge in [-0.05, 0) is 24.3 Å². The molecule has 2 fully saturated rings. The molecule has 2 aliphatic heterocycles. The second kappa shape index (κ2) is 4.77. The Bertz CT molecular complexity index is 579. The molecule has 0 radical (unpaired) electrons. The van der Waals surface area contributed by atoms with E-state index in [0.717, 1.165) is 19.4 Å². The van der Waals surface area contributed by atoms with Crippen LogP contribution in [-0.4, -0.2) is 41.3 Å². The topological polar surface area (TPSA) is 82.3 Å². The van der Waals surface area contributed by atoms with Crippen LogP contribution in [0.4, 0.5) is 0 Å². The molecule has 106 valence electrons. The van der Waals surface area contributed by atoms with Crippen molar-refractivity contribution < 1.29 is 9.59 Å². The molecule has 0 aromatic carbocycles. The van der Waals surface area contributed by atoms with Gasteiger partial charge in [0.05, 0.1) is 5.56 Å². The summed E-state index contributed by atoms with van der Waals surface area (Å²) < 4.78 is 0. The molecule has 2 amide bonds. The van der Waals surface area contributed by atoms with Crippen molar-refractivity contribution in [3.63, 3.8) is 0 Å². The van der Waals surface area contributed by atoms with E-state index in [9.17, 15) is 14.4 Å². The lowest BCUT2D eigenvalue weighted by Crippen LogP contribution is -2.44. The van der Waals surface area contributed by atoms with E-state index in [1.54, 1.807) is 11.0 Å². The van der Waals surface area contributed by atoms with Crippen molar-refractivity contribution in [3.05, 3.63) is 34.2 Å². The molecule has 0 saturated carbocycles. The van der Waals surface area contributed by atoms with E-state index in [1.165, 1.54) is 12.3 Å². The van der Waals surface area contributed by atoms with Crippen LogP contribution >= 0.6 is 0 Å². The van der Waals surface area contributed by atoms with E-state index in [2.05, 4.69) is 10.3 Å². The van der Waals surface area contributed by atoms with Gasteiger partial charge in [-0.25, -0.2) is 0 Å². The molecule has 2 aliphatic rings. The molecule has 1 aromatic rings. The Morgan fingerprint density at radius 3 is 2.50 bits per heavy atom. The van der Waals surface area contributed by atoms with Crippen LogP contribution in [0.1, 0.15) is 29.6 Å². The van der Waals surface area contributed by atoms with Crippen LogP contribution in [0.3, 0.4) is 0 Å². The zero-order chi connectivity index (χ0) is 14.2. The largest absolute Gasteiger partial charge is 0.356 e. The number of hydrogen-bond acceptors (Lipinski definition) is 3. The highest BCUT2D eigenvalue weighted by Crippen LogP contribution is 2.37. The molecule has 2 N–H and O–H groups in total. The molecule has 0 atom stereocenters. The lowest BCUT2D eigenvalue weighted by molar-refractivity contribution is -0.119. The Labute approximate surface area is 116 Å². The predicted molar refractivity (Wildman–Crippen MR) is 72.3 cm³/mol. The SMILES string of the molecule is O=C1CC2(CCN(C(=O)c3ccc(=O)[nH]c3)CC2)CN1. The maximum absolute atomic E-state index is 12.3. The third kappa shape index (κ3) is 2.33. The average Bonchev–Trinajstić information content (AvgIpc) is 2.81. The molecular weight excluding hydrogens is 258 g/mol. The van der Waals surface area contributed by atoms with E-state index >= 15 is 0 Å². The van der Waals surface area contributed by atoms with Crippen LogP contribution in [0, 0.1) is 5.41 Å². The number of rotatable bonds is 1. The Morgan fingerprint density at radius 2 is 1.95 bits per heavy atom. The van der Waals surface area contributed by atoms with Gasteiger partial charge in [0.25, 0.3) is 5.91 Å². The third-order valence-corrected chi connectivity index (χ3v) is 4.34. The summed E-state index contributed by atoms with van der Waals surface area (Å²) in [6, 6.07) is 2.91. The van der Waals surface area contributed by atoms with Crippen molar-refractivity contribution in [2.75, 3.05) is 19.6 Å². The van der Waals surface area contributed by atoms with Crippen LogP contribution < -0.4 is 10.9 Å². The number of aromatic amines is 1. The van der Waals surface area contributed by atoms with E-state index in [-0.39, 0.29) is 22.8 Å². The van der Waals surface area contributed by atoms with E-state index in [1.807, 2.05) is 0 Å². The maximum atomic E-state index is 12.3. The van der Waals surface area contributed by atoms with E-state index in [0.29, 0.717) is 25.1 Å². The number of carbonyl (C=O) groups is 2. The molecule has 3 heterocycles. The summed E-state index contributed by atoms with van der Waals surface area (Å²) in [5.41, 5.74) is 0.328. The highest BCUT2D eigenvalue weighted by molar-refractivity contribution is 5.94. The number of piperidine rings is 1. The van der Waals surface area contributed by atoms with Gasteiger partial charge < -0.3 is 15.2 Å². The van der Waals surface area contributed by atoms with Gasteiger partial charge in [0, 0.05) is 38.3 Å². The van der Waals surface area contributed by atoms with Gasteiger partial charge in [-0.2, -0.15) is 0 Å². The Balaban J connectivity index is 1.66. The van der Waals surface area contributed by atoms with Gasteiger partial charge in [0.15, 0.2) is 0 Å². The molecule has 2 saturated heterocycles. The molecule has 1 spiro atoms. The van der Waals surface area contributed by atoms with Crippen molar-refractivity contribution in [2.45, 2.75) is 19.3 Å². The highest BCUT2D eigenvalue weighted by Gasteiger charge is 2.41. The minimum absolute atomic E-state index is 0.0405. The number of hydrogen-bond donors (Lipinski definition) is 2. The molecule has 0 bridgehead atoms. The Morgan fingerprint density at radius 1 is 1.20 bits per heavy atom. The monoisotopic (exact) mass is 275 g/mol. The molecule has 6 nitrogen and oxygen atoms in total. The number of carbonyl (C=O) groups excluding carboxylic acids is 2.